The Labute approximate surface area is 166 Å². The van der Waals surface area contributed by atoms with Crippen molar-refractivity contribution in [2.75, 3.05) is 7.05 Å². The lowest BCUT2D eigenvalue weighted by Crippen LogP contribution is -2.36. The molecular formula is C24H25N3O. The summed E-state index contributed by atoms with van der Waals surface area (Å²) in [5, 5.41) is 0. The molecule has 0 spiro atoms. The first-order valence-corrected chi connectivity index (χ1v) is 9.67. The summed E-state index contributed by atoms with van der Waals surface area (Å²) < 4.78 is 2.03. The number of imidazole rings is 1. The molecule has 28 heavy (non-hydrogen) atoms. The molecule has 0 saturated carbocycles. The number of carbonyl (C=O) groups excluding carboxylic acids is 1. The molecule has 1 aliphatic rings. The van der Waals surface area contributed by atoms with Gasteiger partial charge in [0.15, 0.2) is 0 Å². The van der Waals surface area contributed by atoms with Crippen LogP contribution in [0, 0.1) is 13.8 Å². The summed E-state index contributed by atoms with van der Waals surface area (Å²) in [6.45, 7) is 4.07. The summed E-state index contributed by atoms with van der Waals surface area (Å²) in [5.41, 5.74) is 6.40. The zero-order valence-corrected chi connectivity index (χ0v) is 16.6. The average molecular weight is 371 g/mol. The maximum Gasteiger partial charge on any atom is 0.250 e. The van der Waals surface area contributed by atoms with Crippen molar-refractivity contribution < 1.29 is 4.79 Å². The van der Waals surface area contributed by atoms with E-state index in [1.54, 1.807) is 0 Å². The lowest BCUT2D eigenvalue weighted by molar-refractivity contribution is -0.129. The fraction of sp³-hybridized carbons (Fsp3) is 0.250. The number of hydrogen-bond donors (Lipinski definition) is 0. The van der Waals surface area contributed by atoms with E-state index in [0.29, 0.717) is 0 Å². The molecular weight excluding hydrogens is 346 g/mol. The maximum absolute atomic E-state index is 12.9. The molecule has 142 valence electrons. The Hall–Kier alpha value is -3.14. The molecule has 1 amide bonds. The first-order chi connectivity index (χ1) is 13.5. The van der Waals surface area contributed by atoms with Crippen LogP contribution < -0.4 is 0 Å². The lowest BCUT2D eigenvalue weighted by atomic mass is 9.91. The smallest absolute Gasteiger partial charge is 0.250 e. The SMILES string of the molecule is Cc1cn(-c2ccc(/C=C3\CCC(c4ccccc4)N(C)C3=O)cc2C)cn1. The predicted molar refractivity (Wildman–Crippen MR) is 112 cm³/mol. The van der Waals surface area contributed by atoms with Crippen LogP contribution in [0.1, 0.15) is 41.3 Å². The summed E-state index contributed by atoms with van der Waals surface area (Å²) >= 11 is 0. The van der Waals surface area contributed by atoms with E-state index in [2.05, 4.69) is 42.2 Å². The van der Waals surface area contributed by atoms with Crippen LogP contribution in [0.5, 0.6) is 0 Å². The zero-order valence-electron chi connectivity index (χ0n) is 16.6. The number of rotatable bonds is 3. The van der Waals surface area contributed by atoms with E-state index in [1.807, 2.05) is 60.2 Å². The Morgan fingerprint density at radius 3 is 2.57 bits per heavy atom. The number of nitrogens with zero attached hydrogens (tertiary/aromatic N) is 3. The highest BCUT2D eigenvalue weighted by Crippen LogP contribution is 2.33. The largest absolute Gasteiger partial charge is 0.335 e. The average Bonchev–Trinajstić information content (AvgIpc) is 3.12. The summed E-state index contributed by atoms with van der Waals surface area (Å²) in [7, 11) is 1.91. The summed E-state index contributed by atoms with van der Waals surface area (Å²) in [4.78, 5) is 19.1. The number of hydrogen-bond acceptors (Lipinski definition) is 2. The van der Waals surface area contributed by atoms with Crippen LogP contribution in [-0.2, 0) is 4.79 Å². The van der Waals surface area contributed by atoms with Crippen LogP contribution in [0.2, 0.25) is 0 Å². The quantitative estimate of drug-likeness (QED) is 0.616. The van der Waals surface area contributed by atoms with E-state index in [0.717, 1.165) is 40.9 Å². The van der Waals surface area contributed by atoms with E-state index in [4.69, 9.17) is 0 Å². The highest BCUT2D eigenvalue weighted by Gasteiger charge is 2.29. The Morgan fingerprint density at radius 2 is 1.89 bits per heavy atom. The standard InChI is InChI=1S/C24H25N3O/c1-17-13-19(9-11-22(17)27-15-18(2)25-16-27)14-21-10-12-23(26(3)24(21)28)20-7-5-4-6-8-20/h4-9,11,13-16,23H,10,12H2,1-3H3/b21-14+. The molecule has 1 saturated heterocycles. The highest BCUT2D eigenvalue weighted by atomic mass is 16.2. The lowest BCUT2D eigenvalue weighted by Gasteiger charge is -2.34. The minimum Gasteiger partial charge on any atom is -0.335 e. The van der Waals surface area contributed by atoms with Gasteiger partial charge in [-0.2, -0.15) is 0 Å². The molecule has 0 aliphatic carbocycles. The third kappa shape index (κ3) is 3.50. The van der Waals surface area contributed by atoms with Crippen molar-refractivity contribution in [3.8, 4) is 5.69 Å². The van der Waals surface area contributed by atoms with Gasteiger partial charge in [-0.3, -0.25) is 4.79 Å². The number of carbonyl (C=O) groups is 1. The number of piperidine rings is 1. The summed E-state index contributed by atoms with van der Waals surface area (Å²) in [6.07, 6.45) is 7.63. The Kier molecular flexibility index (Phi) is 4.86. The first-order valence-electron chi connectivity index (χ1n) is 9.67. The van der Waals surface area contributed by atoms with Gasteiger partial charge in [-0.15, -0.1) is 0 Å². The van der Waals surface area contributed by atoms with E-state index in [9.17, 15) is 4.79 Å². The fourth-order valence-electron chi connectivity index (χ4n) is 3.97. The molecule has 0 radical (unpaired) electrons. The van der Waals surface area contributed by atoms with E-state index in [-0.39, 0.29) is 11.9 Å². The number of likely N-dealkylation sites (N-methyl/N-ethyl adjacent to an activating group) is 1. The predicted octanol–water partition coefficient (Wildman–Crippen LogP) is 4.87. The van der Waals surface area contributed by atoms with Crippen molar-refractivity contribution in [3.63, 3.8) is 0 Å². The maximum atomic E-state index is 12.9. The Morgan fingerprint density at radius 1 is 1.11 bits per heavy atom. The number of aromatic nitrogens is 2. The topological polar surface area (TPSA) is 38.1 Å². The molecule has 1 fully saturated rings. The van der Waals surface area contributed by atoms with Crippen LogP contribution in [0.25, 0.3) is 11.8 Å². The number of benzene rings is 2. The molecule has 3 aromatic rings. The van der Waals surface area contributed by atoms with E-state index in [1.165, 1.54) is 5.56 Å². The van der Waals surface area contributed by atoms with Crippen molar-refractivity contribution in [2.45, 2.75) is 32.7 Å². The van der Waals surface area contributed by atoms with Gasteiger partial charge in [-0.25, -0.2) is 4.98 Å². The van der Waals surface area contributed by atoms with Crippen molar-refractivity contribution in [1.29, 1.82) is 0 Å². The minimum absolute atomic E-state index is 0.118. The summed E-state index contributed by atoms with van der Waals surface area (Å²) in [6, 6.07) is 16.7. The van der Waals surface area contributed by atoms with Crippen molar-refractivity contribution >= 4 is 12.0 Å². The number of amides is 1. The second-order valence-corrected chi connectivity index (χ2v) is 7.52. The van der Waals surface area contributed by atoms with Crippen molar-refractivity contribution in [3.05, 3.63) is 89.0 Å². The zero-order chi connectivity index (χ0) is 19.7. The highest BCUT2D eigenvalue weighted by molar-refractivity contribution is 5.98. The van der Waals surface area contributed by atoms with Crippen molar-refractivity contribution in [1.82, 2.24) is 14.5 Å². The monoisotopic (exact) mass is 371 g/mol. The normalized spacial score (nSPS) is 18.7. The van der Waals surface area contributed by atoms with Crippen LogP contribution in [0.15, 0.2) is 66.6 Å². The van der Waals surface area contributed by atoms with Gasteiger partial charge in [0.1, 0.15) is 0 Å². The van der Waals surface area contributed by atoms with Gasteiger partial charge in [-0.05, 0) is 61.6 Å². The molecule has 1 atom stereocenters. The van der Waals surface area contributed by atoms with Gasteiger partial charge in [-0.1, -0.05) is 36.4 Å². The first kappa shape index (κ1) is 18.2. The second kappa shape index (κ2) is 7.47. The molecule has 1 unspecified atom stereocenters. The molecule has 1 aliphatic heterocycles. The second-order valence-electron chi connectivity index (χ2n) is 7.52. The molecule has 4 heteroatoms. The molecule has 0 bridgehead atoms. The molecule has 2 aromatic carbocycles. The van der Waals surface area contributed by atoms with Crippen LogP contribution in [-0.4, -0.2) is 27.4 Å². The van der Waals surface area contributed by atoms with Gasteiger partial charge in [0.2, 0.25) is 5.91 Å². The van der Waals surface area contributed by atoms with Gasteiger partial charge in [0.05, 0.1) is 18.1 Å². The minimum atomic E-state index is 0.118. The third-order valence-corrected chi connectivity index (χ3v) is 5.49. The van der Waals surface area contributed by atoms with Gasteiger partial charge in [0, 0.05) is 24.5 Å². The molecule has 0 N–H and O–H groups in total. The van der Waals surface area contributed by atoms with Crippen molar-refractivity contribution in [2.24, 2.45) is 0 Å². The van der Waals surface area contributed by atoms with Crippen LogP contribution >= 0.6 is 0 Å². The number of aryl methyl sites for hydroxylation is 2. The molecule has 4 rings (SSSR count). The van der Waals surface area contributed by atoms with Gasteiger partial charge < -0.3 is 9.47 Å². The number of likely N-dealkylation sites (tertiary alicyclic amines) is 1. The van der Waals surface area contributed by atoms with Gasteiger partial charge in [0.25, 0.3) is 0 Å². The molecule has 1 aromatic heterocycles. The van der Waals surface area contributed by atoms with E-state index < -0.39 is 0 Å². The van der Waals surface area contributed by atoms with E-state index >= 15 is 0 Å². The Balaban J connectivity index is 1.56. The van der Waals surface area contributed by atoms with Gasteiger partial charge >= 0.3 is 0 Å². The molecule has 2 heterocycles. The van der Waals surface area contributed by atoms with Crippen LogP contribution in [0.3, 0.4) is 0 Å². The fourth-order valence-corrected chi connectivity index (χ4v) is 3.97. The third-order valence-electron chi connectivity index (χ3n) is 5.49. The van der Waals surface area contributed by atoms with Crippen LogP contribution in [0.4, 0.5) is 0 Å². The Bertz CT molecular complexity index is 1030. The summed E-state index contributed by atoms with van der Waals surface area (Å²) in [5.74, 6) is 0.118. The molecule has 4 nitrogen and oxygen atoms in total.